The fourth-order valence-corrected chi connectivity index (χ4v) is 1.55. The van der Waals surface area contributed by atoms with Gasteiger partial charge in [0.05, 0.1) is 0 Å². The van der Waals surface area contributed by atoms with Crippen LogP contribution in [0.4, 0.5) is 0 Å². The number of hydrogen-bond donors (Lipinski definition) is 2. The van der Waals surface area contributed by atoms with Crippen LogP contribution in [-0.4, -0.2) is 26.7 Å². The van der Waals surface area contributed by atoms with E-state index in [1.54, 1.807) is 0 Å². The lowest BCUT2D eigenvalue weighted by atomic mass is 10.1. The molecule has 0 saturated heterocycles. The first kappa shape index (κ1) is 13.9. The summed E-state index contributed by atoms with van der Waals surface area (Å²) in [5, 5.41) is 6.62. The zero-order valence-electron chi connectivity index (χ0n) is 10.1. The molecule has 0 heterocycles. The second-order valence-electron chi connectivity index (χ2n) is 3.97. The maximum absolute atomic E-state index is 3.47. The van der Waals surface area contributed by atoms with E-state index in [1.807, 2.05) is 7.05 Å². The Morgan fingerprint density at radius 1 is 0.714 bits per heavy atom. The molecule has 2 heteroatoms. The topological polar surface area (TPSA) is 24.1 Å². The monoisotopic (exact) mass is 200 g/mol. The highest BCUT2D eigenvalue weighted by Gasteiger charge is 1.90. The molecule has 86 valence electrons. The van der Waals surface area contributed by atoms with Crippen molar-refractivity contribution in [2.45, 2.75) is 51.9 Å². The summed E-state index contributed by atoms with van der Waals surface area (Å²) in [6, 6.07) is 0. The van der Waals surface area contributed by atoms with Crippen molar-refractivity contribution in [1.29, 1.82) is 0 Å². The van der Waals surface area contributed by atoms with Gasteiger partial charge in [-0.25, -0.2) is 0 Å². The van der Waals surface area contributed by atoms with Crippen molar-refractivity contribution in [2.75, 3.05) is 26.7 Å². The molecule has 0 amide bonds. The van der Waals surface area contributed by atoms with Gasteiger partial charge in [0.2, 0.25) is 0 Å². The van der Waals surface area contributed by atoms with Crippen molar-refractivity contribution < 1.29 is 0 Å². The van der Waals surface area contributed by atoms with Gasteiger partial charge in [-0.3, -0.25) is 0 Å². The average molecular weight is 200 g/mol. The minimum Gasteiger partial charge on any atom is -0.320 e. The smallest absolute Gasteiger partial charge is 0.00368 e. The Labute approximate surface area is 89.9 Å². The van der Waals surface area contributed by atoms with Crippen LogP contribution in [0.15, 0.2) is 0 Å². The lowest BCUT2D eigenvalue weighted by Gasteiger charge is -2.04. The molecule has 0 fully saturated rings. The van der Waals surface area contributed by atoms with E-state index in [-0.39, 0.29) is 0 Å². The van der Waals surface area contributed by atoms with E-state index >= 15 is 0 Å². The molecule has 0 aromatic heterocycles. The van der Waals surface area contributed by atoms with Gasteiger partial charge in [0.15, 0.2) is 0 Å². The minimum atomic E-state index is 1.13. The normalized spacial score (nSPS) is 10.7. The summed E-state index contributed by atoms with van der Waals surface area (Å²) in [5.74, 6) is 0. The van der Waals surface area contributed by atoms with Gasteiger partial charge in [0, 0.05) is 0 Å². The van der Waals surface area contributed by atoms with Crippen LogP contribution in [0, 0.1) is 0 Å². The van der Waals surface area contributed by atoms with Crippen molar-refractivity contribution in [3.63, 3.8) is 0 Å². The Morgan fingerprint density at radius 2 is 1.36 bits per heavy atom. The number of hydrogen-bond acceptors (Lipinski definition) is 2. The molecule has 0 aliphatic rings. The number of unbranched alkanes of at least 4 members (excludes halogenated alkanes) is 5. The van der Waals surface area contributed by atoms with Gasteiger partial charge in [0.1, 0.15) is 0 Å². The van der Waals surface area contributed by atoms with Crippen LogP contribution in [-0.2, 0) is 0 Å². The standard InChI is InChI=1S/C12H28N2/c1-3-4-5-6-7-8-11-14-12-9-10-13-2/h13-14H,3-12H2,1-2H3. The van der Waals surface area contributed by atoms with E-state index in [0.29, 0.717) is 0 Å². The molecule has 0 aromatic carbocycles. The van der Waals surface area contributed by atoms with Crippen LogP contribution in [0.3, 0.4) is 0 Å². The summed E-state index contributed by atoms with van der Waals surface area (Å²) >= 11 is 0. The van der Waals surface area contributed by atoms with Crippen molar-refractivity contribution >= 4 is 0 Å². The van der Waals surface area contributed by atoms with E-state index in [0.717, 1.165) is 13.1 Å². The van der Waals surface area contributed by atoms with E-state index < -0.39 is 0 Å². The van der Waals surface area contributed by atoms with Crippen LogP contribution in [0.2, 0.25) is 0 Å². The summed E-state index contributed by atoms with van der Waals surface area (Å²) in [6.07, 6.45) is 9.61. The van der Waals surface area contributed by atoms with Gasteiger partial charge >= 0.3 is 0 Å². The van der Waals surface area contributed by atoms with Gasteiger partial charge in [-0.2, -0.15) is 0 Å². The summed E-state index contributed by atoms with van der Waals surface area (Å²) in [5.41, 5.74) is 0. The summed E-state index contributed by atoms with van der Waals surface area (Å²) in [4.78, 5) is 0. The van der Waals surface area contributed by atoms with Gasteiger partial charge in [-0.05, 0) is 39.5 Å². The third kappa shape index (κ3) is 11.9. The van der Waals surface area contributed by atoms with E-state index in [2.05, 4.69) is 17.6 Å². The molecule has 0 spiro atoms. The quantitative estimate of drug-likeness (QED) is 0.501. The molecular formula is C12H28N2. The zero-order valence-corrected chi connectivity index (χ0v) is 10.1. The Bertz CT molecular complexity index is 82.3. The lowest BCUT2D eigenvalue weighted by Crippen LogP contribution is -2.20. The highest BCUT2D eigenvalue weighted by atomic mass is 14.9. The van der Waals surface area contributed by atoms with Crippen molar-refractivity contribution in [1.82, 2.24) is 10.6 Å². The largest absolute Gasteiger partial charge is 0.320 e. The first-order valence-corrected chi connectivity index (χ1v) is 6.27. The van der Waals surface area contributed by atoms with Gasteiger partial charge < -0.3 is 10.6 Å². The summed E-state index contributed by atoms with van der Waals surface area (Å²) < 4.78 is 0. The maximum Gasteiger partial charge on any atom is -0.00368 e. The third-order valence-electron chi connectivity index (χ3n) is 2.49. The second kappa shape index (κ2) is 12.9. The SMILES string of the molecule is CCCCCCCCNCCCNC. The highest BCUT2D eigenvalue weighted by molar-refractivity contribution is 4.51. The molecule has 0 atom stereocenters. The van der Waals surface area contributed by atoms with Crippen LogP contribution in [0.1, 0.15) is 51.9 Å². The first-order valence-electron chi connectivity index (χ1n) is 6.27. The predicted molar refractivity (Wildman–Crippen MR) is 64.8 cm³/mol. The first-order chi connectivity index (χ1) is 6.91. The number of nitrogens with one attached hydrogen (secondary N) is 2. The predicted octanol–water partition coefficient (Wildman–Crippen LogP) is 2.55. The third-order valence-corrected chi connectivity index (χ3v) is 2.49. The fraction of sp³-hybridized carbons (Fsp3) is 1.00. The average Bonchev–Trinajstić information content (AvgIpc) is 2.21. The van der Waals surface area contributed by atoms with Crippen LogP contribution < -0.4 is 10.6 Å². The number of rotatable bonds is 11. The Balaban J connectivity index is 2.78. The molecule has 0 aliphatic carbocycles. The lowest BCUT2D eigenvalue weighted by molar-refractivity contribution is 0.560. The molecule has 0 aliphatic heterocycles. The molecule has 0 aromatic rings. The molecule has 14 heavy (non-hydrogen) atoms. The van der Waals surface area contributed by atoms with Crippen LogP contribution >= 0.6 is 0 Å². The summed E-state index contributed by atoms with van der Waals surface area (Å²) in [6.45, 7) is 5.76. The van der Waals surface area contributed by atoms with Crippen LogP contribution in [0.5, 0.6) is 0 Å². The molecular weight excluding hydrogens is 172 g/mol. The Morgan fingerprint density at radius 3 is 2.07 bits per heavy atom. The Kier molecular flexibility index (Phi) is 12.8. The van der Waals surface area contributed by atoms with Crippen molar-refractivity contribution in [2.24, 2.45) is 0 Å². The molecule has 0 radical (unpaired) electrons. The molecule has 0 unspecified atom stereocenters. The Hall–Kier alpha value is -0.0800. The van der Waals surface area contributed by atoms with Crippen molar-refractivity contribution in [3.05, 3.63) is 0 Å². The fourth-order valence-electron chi connectivity index (χ4n) is 1.55. The van der Waals surface area contributed by atoms with Crippen molar-refractivity contribution in [3.8, 4) is 0 Å². The zero-order chi connectivity index (χ0) is 10.5. The minimum absolute atomic E-state index is 1.13. The van der Waals surface area contributed by atoms with Gasteiger partial charge in [-0.15, -0.1) is 0 Å². The highest BCUT2D eigenvalue weighted by Crippen LogP contribution is 2.03. The molecule has 0 bridgehead atoms. The van der Waals surface area contributed by atoms with Crippen LogP contribution in [0.25, 0.3) is 0 Å². The molecule has 0 saturated carbocycles. The van der Waals surface area contributed by atoms with E-state index in [1.165, 1.54) is 51.5 Å². The molecule has 0 rings (SSSR count). The maximum atomic E-state index is 3.47. The van der Waals surface area contributed by atoms with E-state index in [9.17, 15) is 0 Å². The molecule has 2 nitrogen and oxygen atoms in total. The summed E-state index contributed by atoms with van der Waals surface area (Å²) in [7, 11) is 2.01. The van der Waals surface area contributed by atoms with Gasteiger partial charge in [0.25, 0.3) is 0 Å². The molecule has 2 N–H and O–H groups in total. The second-order valence-corrected chi connectivity index (χ2v) is 3.97. The van der Waals surface area contributed by atoms with Gasteiger partial charge in [-0.1, -0.05) is 39.0 Å². The van der Waals surface area contributed by atoms with E-state index in [4.69, 9.17) is 0 Å².